The number of carbonyl (C=O) groups is 2. The second kappa shape index (κ2) is 8.81. The maximum atomic E-state index is 12.1. The Labute approximate surface area is 140 Å². The van der Waals surface area contributed by atoms with Crippen molar-refractivity contribution in [3.8, 4) is 0 Å². The quantitative estimate of drug-likeness (QED) is 0.877. The lowest BCUT2D eigenvalue weighted by molar-refractivity contribution is -0.125. The third kappa shape index (κ3) is 4.91. The molecule has 2 atom stereocenters. The van der Waals surface area contributed by atoms with E-state index in [1.807, 2.05) is 36.4 Å². The third-order valence-corrected chi connectivity index (χ3v) is 3.40. The van der Waals surface area contributed by atoms with Crippen molar-refractivity contribution >= 4 is 12.0 Å². The molecule has 24 heavy (non-hydrogen) atoms. The van der Waals surface area contributed by atoms with Gasteiger partial charge in [-0.15, -0.1) is 5.32 Å². The Hall–Kier alpha value is -2.70. The molecule has 0 aliphatic heterocycles. The van der Waals surface area contributed by atoms with Gasteiger partial charge in [0.1, 0.15) is 18.8 Å². The summed E-state index contributed by atoms with van der Waals surface area (Å²) in [7, 11) is 1.44. The molecule has 0 bridgehead atoms. The van der Waals surface area contributed by atoms with Crippen LogP contribution in [0.3, 0.4) is 0 Å². The van der Waals surface area contributed by atoms with Gasteiger partial charge in [-0.2, -0.15) is 0 Å². The minimum absolute atomic E-state index is 0.0398. The van der Waals surface area contributed by atoms with Crippen LogP contribution in [0.5, 0.6) is 0 Å². The molecule has 1 unspecified atom stereocenters. The van der Waals surface area contributed by atoms with Crippen molar-refractivity contribution in [3.63, 3.8) is 0 Å². The van der Waals surface area contributed by atoms with Crippen molar-refractivity contribution in [1.29, 1.82) is 0 Å². The Morgan fingerprint density at radius 1 is 1.04 bits per heavy atom. The number of nitrogens with zero attached hydrogens (tertiary/aromatic N) is 1. The summed E-state index contributed by atoms with van der Waals surface area (Å²) >= 11 is 0. The molecule has 2 amide bonds. The number of nitrogens with two attached hydrogens (primary N) is 1. The topological polar surface area (TPSA) is 92.7 Å². The van der Waals surface area contributed by atoms with Crippen molar-refractivity contribution in [2.45, 2.75) is 18.8 Å². The monoisotopic (exact) mass is 327 g/mol. The number of benzene rings is 2. The number of methoxy groups -OCH3 is 1. The second-order valence-corrected chi connectivity index (χ2v) is 5.08. The third-order valence-electron chi connectivity index (χ3n) is 3.40. The molecule has 1 radical (unpaired) electrons. The standard InChI is InChI=1S/C18H19N2O4/c1-23-16(14-10-6-3-7-11-14)15(19)17(21)20-18(22)24-12-13-8-4-2-5-9-13/h2-11,15-16H,12,19H2,1H3/t15-,16?/m0/s1. The fourth-order valence-corrected chi connectivity index (χ4v) is 2.18. The first-order valence-electron chi connectivity index (χ1n) is 7.41. The predicted octanol–water partition coefficient (Wildman–Crippen LogP) is 2.17. The molecule has 0 aliphatic carbocycles. The average Bonchev–Trinajstić information content (AvgIpc) is 2.62. The number of hydrogen-bond acceptors (Lipinski definition) is 5. The number of imide groups is 1. The molecule has 0 fully saturated rings. The molecule has 2 N–H and O–H groups in total. The van der Waals surface area contributed by atoms with Crippen LogP contribution < -0.4 is 11.1 Å². The van der Waals surface area contributed by atoms with E-state index in [9.17, 15) is 9.59 Å². The highest BCUT2D eigenvalue weighted by molar-refractivity contribution is 5.94. The van der Waals surface area contributed by atoms with Gasteiger partial charge in [-0.3, -0.25) is 4.79 Å². The Balaban J connectivity index is 1.89. The van der Waals surface area contributed by atoms with Gasteiger partial charge >= 0.3 is 6.09 Å². The van der Waals surface area contributed by atoms with Gasteiger partial charge in [0.05, 0.1) is 0 Å². The second-order valence-electron chi connectivity index (χ2n) is 5.08. The van der Waals surface area contributed by atoms with Crippen LogP contribution in [0, 0.1) is 0 Å². The molecule has 0 heterocycles. The Morgan fingerprint density at radius 2 is 1.62 bits per heavy atom. The van der Waals surface area contributed by atoms with Gasteiger partial charge < -0.3 is 15.2 Å². The van der Waals surface area contributed by atoms with Gasteiger partial charge in [-0.05, 0) is 11.1 Å². The largest absolute Gasteiger partial charge is 0.443 e. The highest BCUT2D eigenvalue weighted by Crippen LogP contribution is 2.19. The minimum Gasteiger partial charge on any atom is -0.443 e. The van der Waals surface area contributed by atoms with Crippen LogP contribution in [0.15, 0.2) is 60.7 Å². The van der Waals surface area contributed by atoms with E-state index in [2.05, 4.69) is 5.32 Å². The zero-order valence-electron chi connectivity index (χ0n) is 13.3. The fraction of sp³-hybridized carbons (Fsp3) is 0.222. The summed E-state index contributed by atoms with van der Waals surface area (Å²) in [5.41, 5.74) is 7.42. The van der Waals surface area contributed by atoms with Gasteiger partial charge in [0, 0.05) is 7.11 Å². The molecule has 6 nitrogen and oxygen atoms in total. The molecule has 2 aromatic carbocycles. The molecule has 0 spiro atoms. The summed E-state index contributed by atoms with van der Waals surface area (Å²) in [5, 5.41) is 3.38. The number of carbonyl (C=O) groups excluding carboxylic acids is 2. The molecule has 0 aliphatic rings. The zero-order chi connectivity index (χ0) is 17.4. The van der Waals surface area contributed by atoms with Crippen molar-refractivity contribution < 1.29 is 19.1 Å². The van der Waals surface area contributed by atoms with Gasteiger partial charge in [0.2, 0.25) is 0 Å². The lowest BCUT2D eigenvalue weighted by Gasteiger charge is -2.21. The Bertz CT molecular complexity index is 661. The smallest absolute Gasteiger partial charge is 0.437 e. The summed E-state index contributed by atoms with van der Waals surface area (Å²) in [5.74, 6) is -0.788. The molecule has 6 heteroatoms. The highest BCUT2D eigenvalue weighted by atomic mass is 16.5. The average molecular weight is 327 g/mol. The number of amides is 2. The maximum absolute atomic E-state index is 12.1. The van der Waals surface area contributed by atoms with Gasteiger partial charge in [0.15, 0.2) is 0 Å². The number of rotatable bonds is 6. The molecule has 0 saturated carbocycles. The Kier molecular flexibility index (Phi) is 6.48. The van der Waals surface area contributed by atoms with Crippen molar-refractivity contribution in [2.24, 2.45) is 5.73 Å². The van der Waals surface area contributed by atoms with E-state index >= 15 is 0 Å². The first-order chi connectivity index (χ1) is 11.6. The SMILES string of the molecule is COC(c1ccccc1)[C@H](N)C(=O)[N]C(=O)OCc1ccccc1. The molecular weight excluding hydrogens is 308 g/mol. The van der Waals surface area contributed by atoms with E-state index in [-0.39, 0.29) is 6.61 Å². The summed E-state index contributed by atoms with van der Waals surface area (Å²) in [6, 6.07) is 17.0. The number of ether oxygens (including phenoxy) is 2. The summed E-state index contributed by atoms with van der Waals surface area (Å²) in [4.78, 5) is 23.7. The van der Waals surface area contributed by atoms with Crippen molar-refractivity contribution in [2.75, 3.05) is 7.11 Å². The van der Waals surface area contributed by atoms with E-state index in [0.717, 1.165) is 11.1 Å². The molecule has 2 aromatic rings. The summed E-state index contributed by atoms with van der Waals surface area (Å²) < 4.78 is 10.2. The molecular formula is C18H19N2O4. The lowest BCUT2D eigenvalue weighted by Crippen LogP contribution is -2.43. The maximum Gasteiger partial charge on any atom is 0.437 e. The molecule has 125 valence electrons. The summed E-state index contributed by atoms with van der Waals surface area (Å²) in [6.45, 7) is 0.0398. The normalized spacial score (nSPS) is 12.9. The molecule has 2 rings (SSSR count). The summed E-state index contributed by atoms with van der Waals surface area (Å²) in [6.07, 6.45) is -1.66. The van der Waals surface area contributed by atoms with Crippen LogP contribution >= 0.6 is 0 Å². The zero-order valence-corrected chi connectivity index (χ0v) is 13.3. The van der Waals surface area contributed by atoms with E-state index < -0.39 is 24.1 Å². The van der Waals surface area contributed by atoms with Crippen LogP contribution in [0.25, 0.3) is 0 Å². The van der Waals surface area contributed by atoms with Crippen molar-refractivity contribution in [1.82, 2.24) is 5.32 Å². The van der Waals surface area contributed by atoms with Crippen molar-refractivity contribution in [3.05, 3.63) is 71.8 Å². The van der Waals surface area contributed by atoms with E-state index in [1.54, 1.807) is 24.3 Å². The predicted molar refractivity (Wildman–Crippen MR) is 87.9 cm³/mol. The van der Waals surface area contributed by atoms with Crippen LogP contribution in [0.1, 0.15) is 17.2 Å². The Morgan fingerprint density at radius 3 is 2.21 bits per heavy atom. The lowest BCUT2D eigenvalue weighted by atomic mass is 10.0. The van der Waals surface area contributed by atoms with Gasteiger partial charge in [0.25, 0.3) is 5.91 Å². The van der Waals surface area contributed by atoms with E-state index in [0.29, 0.717) is 0 Å². The van der Waals surface area contributed by atoms with Crippen LogP contribution in [-0.4, -0.2) is 25.2 Å². The first-order valence-corrected chi connectivity index (χ1v) is 7.41. The van der Waals surface area contributed by atoms with Gasteiger partial charge in [-0.1, -0.05) is 60.7 Å². The minimum atomic E-state index is -1.10. The highest BCUT2D eigenvalue weighted by Gasteiger charge is 2.29. The first kappa shape index (κ1) is 17.7. The van der Waals surface area contributed by atoms with E-state index in [1.165, 1.54) is 7.11 Å². The molecule has 0 saturated heterocycles. The van der Waals surface area contributed by atoms with E-state index in [4.69, 9.17) is 15.2 Å². The van der Waals surface area contributed by atoms with Crippen LogP contribution in [-0.2, 0) is 20.9 Å². The molecule has 0 aromatic heterocycles. The number of hydrogen-bond donors (Lipinski definition) is 1. The van der Waals surface area contributed by atoms with Gasteiger partial charge in [-0.25, -0.2) is 4.79 Å². The van der Waals surface area contributed by atoms with Crippen LogP contribution in [0.2, 0.25) is 0 Å². The van der Waals surface area contributed by atoms with Crippen LogP contribution in [0.4, 0.5) is 4.79 Å². The fourth-order valence-electron chi connectivity index (χ4n) is 2.18.